The van der Waals surface area contributed by atoms with Gasteiger partial charge in [0.05, 0.1) is 21.7 Å². The van der Waals surface area contributed by atoms with Crippen LogP contribution < -0.4 is 10.6 Å². The minimum atomic E-state index is 0.435. The number of anilines is 1. The monoisotopic (exact) mass is 469 g/mol. The average molecular weight is 471 g/mol. The molecule has 0 saturated heterocycles. The van der Waals surface area contributed by atoms with Crippen molar-refractivity contribution < 1.29 is 4.42 Å². The van der Waals surface area contributed by atoms with E-state index in [2.05, 4.69) is 31.5 Å². The van der Waals surface area contributed by atoms with Gasteiger partial charge >= 0.3 is 0 Å². The highest BCUT2D eigenvalue weighted by atomic mass is 79.9. The number of halogens is 3. The number of nitrogens with one attached hydrogen (secondary N) is 2. The zero-order chi connectivity index (χ0) is 18.7. The van der Waals surface area contributed by atoms with Gasteiger partial charge in [0.15, 0.2) is 5.11 Å². The summed E-state index contributed by atoms with van der Waals surface area (Å²) in [4.78, 5) is 4.37. The van der Waals surface area contributed by atoms with Crippen LogP contribution in [0.15, 0.2) is 51.4 Å². The lowest BCUT2D eigenvalue weighted by molar-refractivity contribution is 0.516. The Hall–Kier alpha value is -1.60. The highest BCUT2D eigenvalue weighted by molar-refractivity contribution is 9.10. The van der Waals surface area contributed by atoms with E-state index in [1.807, 2.05) is 43.3 Å². The van der Waals surface area contributed by atoms with Crippen molar-refractivity contribution in [3.05, 3.63) is 68.4 Å². The van der Waals surface area contributed by atoms with E-state index in [-0.39, 0.29) is 0 Å². The predicted molar refractivity (Wildman–Crippen MR) is 114 cm³/mol. The molecule has 0 atom stereocenters. The number of aryl methyl sites for hydroxylation is 1. The van der Waals surface area contributed by atoms with Gasteiger partial charge in [-0.15, -0.1) is 0 Å². The van der Waals surface area contributed by atoms with Crippen LogP contribution in [0.2, 0.25) is 10.0 Å². The molecule has 2 N–H and O–H groups in total. The second kappa shape index (κ2) is 8.39. The second-order valence-electron chi connectivity index (χ2n) is 5.47. The van der Waals surface area contributed by atoms with Gasteiger partial charge in [0, 0.05) is 10.6 Å². The lowest BCUT2D eigenvalue weighted by Gasteiger charge is -2.11. The van der Waals surface area contributed by atoms with Gasteiger partial charge in [-0.2, -0.15) is 0 Å². The van der Waals surface area contributed by atoms with E-state index < -0.39 is 0 Å². The Labute approximate surface area is 175 Å². The number of hydrogen-bond donors (Lipinski definition) is 2. The Kier molecular flexibility index (Phi) is 6.19. The molecule has 26 heavy (non-hydrogen) atoms. The molecule has 0 aliphatic carbocycles. The van der Waals surface area contributed by atoms with E-state index >= 15 is 0 Å². The topological polar surface area (TPSA) is 50.1 Å². The molecular formula is C18H14BrCl2N3OS. The van der Waals surface area contributed by atoms with Gasteiger partial charge in [-0.25, -0.2) is 4.98 Å². The smallest absolute Gasteiger partial charge is 0.172 e. The van der Waals surface area contributed by atoms with Crippen LogP contribution in [-0.4, -0.2) is 10.1 Å². The third-order valence-electron chi connectivity index (χ3n) is 3.55. The van der Waals surface area contributed by atoms with Crippen LogP contribution in [0.1, 0.15) is 11.5 Å². The maximum Gasteiger partial charge on any atom is 0.172 e. The number of benzene rings is 1. The molecular weight excluding hydrogens is 457 g/mol. The summed E-state index contributed by atoms with van der Waals surface area (Å²) in [6, 6.07) is 13.1. The first kappa shape index (κ1) is 19.2. The summed E-state index contributed by atoms with van der Waals surface area (Å²) in [7, 11) is 0. The van der Waals surface area contributed by atoms with E-state index in [1.165, 1.54) is 0 Å². The van der Waals surface area contributed by atoms with Crippen LogP contribution in [0.25, 0.3) is 11.3 Å². The van der Waals surface area contributed by atoms with Crippen molar-refractivity contribution in [1.82, 2.24) is 10.3 Å². The molecule has 0 fully saturated rings. The molecule has 4 nitrogen and oxygen atoms in total. The van der Waals surface area contributed by atoms with E-state index in [0.29, 0.717) is 27.5 Å². The Bertz CT molecular complexity index is 944. The molecule has 3 aromatic rings. The van der Waals surface area contributed by atoms with E-state index in [9.17, 15) is 0 Å². The van der Waals surface area contributed by atoms with Gasteiger partial charge < -0.3 is 15.1 Å². The molecule has 8 heteroatoms. The normalized spacial score (nSPS) is 10.6. The van der Waals surface area contributed by atoms with Crippen LogP contribution in [-0.2, 0) is 6.54 Å². The molecule has 134 valence electrons. The van der Waals surface area contributed by atoms with Gasteiger partial charge in [0.1, 0.15) is 17.3 Å². The highest BCUT2D eigenvalue weighted by Crippen LogP contribution is 2.26. The SMILES string of the molecule is Cc1nc(NC(=S)NCc2ccc(-c3ccc(Cl)cc3)o2)c(Br)cc1Cl. The first-order chi connectivity index (χ1) is 12.4. The predicted octanol–water partition coefficient (Wildman–Crippen LogP) is 6.21. The molecule has 0 unspecified atom stereocenters. The van der Waals surface area contributed by atoms with E-state index in [1.54, 1.807) is 6.07 Å². The first-order valence-electron chi connectivity index (χ1n) is 7.64. The molecule has 3 rings (SSSR count). The van der Waals surface area contributed by atoms with Crippen molar-refractivity contribution in [3.8, 4) is 11.3 Å². The summed E-state index contributed by atoms with van der Waals surface area (Å²) in [6.07, 6.45) is 0. The fraction of sp³-hybridized carbons (Fsp3) is 0.111. The number of hydrogen-bond acceptors (Lipinski definition) is 3. The van der Waals surface area contributed by atoms with Gasteiger partial charge in [-0.3, -0.25) is 0 Å². The van der Waals surface area contributed by atoms with Crippen LogP contribution in [0.4, 0.5) is 5.82 Å². The van der Waals surface area contributed by atoms with Crippen molar-refractivity contribution in [3.63, 3.8) is 0 Å². The van der Waals surface area contributed by atoms with E-state index in [0.717, 1.165) is 27.3 Å². The number of rotatable bonds is 4. The molecule has 1 aromatic carbocycles. The number of pyridine rings is 1. The Balaban J connectivity index is 1.60. The molecule has 2 aromatic heterocycles. The molecule has 2 heterocycles. The average Bonchev–Trinajstić information content (AvgIpc) is 3.07. The number of aromatic nitrogens is 1. The fourth-order valence-corrected chi connectivity index (χ4v) is 3.20. The van der Waals surface area contributed by atoms with Crippen molar-refractivity contribution in [2.24, 2.45) is 0 Å². The summed E-state index contributed by atoms with van der Waals surface area (Å²) < 4.78 is 6.57. The van der Waals surface area contributed by atoms with Gasteiger partial charge in [-0.05, 0) is 77.5 Å². The van der Waals surface area contributed by atoms with Crippen molar-refractivity contribution >= 4 is 62.3 Å². The highest BCUT2D eigenvalue weighted by Gasteiger charge is 2.09. The van der Waals surface area contributed by atoms with Crippen molar-refractivity contribution in [1.29, 1.82) is 0 Å². The molecule has 0 saturated carbocycles. The maximum absolute atomic E-state index is 6.04. The zero-order valence-electron chi connectivity index (χ0n) is 13.6. The number of furan rings is 1. The fourth-order valence-electron chi connectivity index (χ4n) is 2.21. The Morgan fingerprint density at radius 2 is 1.92 bits per heavy atom. The molecule has 0 bridgehead atoms. The molecule has 0 aliphatic rings. The first-order valence-corrected chi connectivity index (χ1v) is 9.60. The Morgan fingerprint density at radius 1 is 1.19 bits per heavy atom. The third-order valence-corrected chi connectivity index (χ3v) is 5.04. The Morgan fingerprint density at radius 3 is 2.65 bits per heavy atom. The van der Waals surface area contributed by atoms with Crippen molar-refractivity contribution in [2.75, 3.05) is 5.32 Å². The van der Waals surface area contributed by atoms with E-state index in [4.69, 9.17) is 39.8 Å². The summed E-state index contributed by atoms with van der Waals surface area (Å²) in [5.41, 5.74) is 1.69. The summed E-state index contributed by atoms with van der Waals surface area (Å²) in [5, 5.41) is 7.85. The molecule has 0 aliphatic heterocycles. The summed E-state index contributed by atoms with van der Waals surface area (Å²) in [6.45, 7) is 2.28. The lowest BCUT2D eigenvalue weighted by atomic mass is 10.2. The zero-order valence-corrected chi connectivity index (χ0v) is 17.6. The molecule has 0 spiro atoms. The third kappa shape index (κ3) is 4.76. The number of nitrogens with zero attached hydrogens (tertiary/aromatic N) is 1. The summed E-state index contributed by atoms with van der Waals surface area (Å²) in [5.74, 6) is 2.14. The largest absolute Gasteiger partial charge is 0.459 e. The minimum absolute atomic E-state index is 0.435. The van der Waals surface area contributed by atoms with Gasteiger partial charge in [-0.1, -0.05) is 23.2 Å². The maximum atomic E-state index is 6.04. The van der Waals surface area contributed by atoms with Crippen LogP contribution in [0.3, 0.4) is 0 Å². The summed E-state index contributed by atoms with van der Waals surface area (Å²) >= 11 is 20.7. The second-order valence-corrected chi connectivity index (χ2v) is 7.57. The van der Waals surface area contributed by atoms with Gasteiger partial charge in [0.2, 0.25) is 0 Å². The minimum Gasteiger partial charge on any atom is -0.459 e. The molecule has 0 amide bonds. The molecule has 0 radical (unpaired) electrons. The van der Waals surface area contributed by atoms with Crippen LogP contribution in [0, 0.1) is 6.92 Å². The number of thiocarbonyl (C=S) groups is 1. The standard InChI is InChI=1S/C18H14BrCl2N3OS/c1-10-15(21)8-14(19)17(23-10)24-18(26)22-9-13-6-7-16(25-13)11-2-4-12(20)5-3-11/h2-8H,9H2,1H3,(H2,22,23,24,26). The van der Waals surface area contributed by atoms with Crippen LogP contribution >= 0.6 is 51.3 Å². The quantitative estimate of drug-likeness (QED) is 0.444. The lowest BCUT2D eigenvalue weighted by Crippen LogP contribution is -2.28. The van der Waals surface area contributed by atoms with Crippen molar-refractivity contribution in [2.45, 2.75) is 13.5 Å². The van der Waals surface area contributed by atoms with Crippen LogP contribution in [0.5, 0.6) is 0 Å². The van der Waals surface area contributed by atoms with Gasteiger partial charge in [0.25, 0.3) is 0 Å².